The lowest BCUT2D eigenvalue weighted by Crippen LogP contribution is -2.28. The normalized spacial score (nSPS) is 19.4. The Morgan fingerprint density at radius 1 is 1.31 bits per heavy atom. The van der Waals surface area contributed by atoms with Gasteiger partial charge in [0.1, 0.15) is 0 Å². The first-order chi connectivity index (χ1) is 7.83. The molecule has 1 aliphatic rings. The van der Waals surface area contributed by atoms with Gasteiger partial charge in [-0.15, -0.1) is 0 Å². The van der Waals surface area contributed by atoms with Gasteiger partial charge >= 0.3 is 0 Å². The first-order valence-corrected chi connectivity index (χ1v) is 5.43. The van der Waals surface area contributed by atoms with E-state index < -0.39 is 0 Å². The van der Waals surface area contributed by atoms with E-state index in [-0.39, 0.29) is 6.04 Å². The van der Waals surface area contributed by atoms with Crippen molar-refractivity contribution in [3.8, 4) is 0 Å². The molecule has 1 atom stereocenters. The van der Waals surface area contributed by atoms with Gasteiger partial charge in [-0.2, -0.15) is 4.98 Å². The number of hydrogen-bond acceptors (Lipinski definition) is 4. The summed E-state index contributed by atoms with van der Waals surface area (Å²) in [4.78, 5) is 4.27. The van der Waals surface area contributed by atoms with Crippen LogP contribution in [0.1, 0.15) is 28.9 Å². The van der Waals surface area contributed by atoms with Crippen LogP contribution in [-0.2, 0) is 13.0 Å². The van der Waals surface area contributed by atoms with Crippen molar-refractivity contribution < 1.29 is 4.52 Å². The van der Waals surface area contributed by atoms with Crippen LogP contribution in [0.4, 0.5) is 0 Å². The van der Waals surface area contributed by atoms with Crippen molar-refractivity contribution in [1.82, 2.24) is 15.5 Å². The van der Waals surface area contributed by atoms with Gasteiger partial charge < -0.3 is 9.84 Å². The summed E-state index contributed by atoms with van der Waals surface area (Å²) in [5.41, 5.74) is 2.72. The molecule has 1 N–H and O–H groups in total. The molecule has 1 aliphatic heterocycles. The van der Waals surface area contributed by atoms with Crippen LogP contribution < -0.4 is 5.32 Å². The summed E-state index contributed by atoms with van der Waals surface area (Å²) >= 11 is 0. The lowest BCUT2D eigenvalue weighted by Gasteiger charge is -2.23. The number of rotatable bonds is 1. The van der Waals surface area contributed by atoms with Gasteiger partial charge in [0.2, 0.25) is 5.89 Å². The van der Waals surface area contributed by atoms with E-state index in [4.69, 9.17) is 4.52 Å². The predicted molar refractivity (Wildman–Crippen MR) is 58.8 cm³/mol. The Bertz CT molecular complexity index is 506. The van der Waals surface area contributed by atoms with E-state index in [1.165, 1.54) is 11.1 Å². The van der Waals surface area contributed by atoms with Crippen molar-refractivity contribution in [2.75, 3.05) is 0 Å². The van der Waals surface area contributed by atoms with E-state index in [1.807, 2.05) is 6.92 Å². The molecule has 2 heterocycles. The molecule has 16 heavy (non-hydrogen) atoms. The van der Waals surface area contributed by atoms with E-state index in [0.29, 0.717) is 11.7 Å². The minimum absolute atomic E-state index is 0.149. The summed E-state index contributed by atoms with van der Waals surface area (Å²) in [6, 6.07) is 8.60. The standard InChI is InChI=1S/C12H13N3O/c1-8-14-12(16-15-8)11-6-9-4-2-3-5-10(9)7-13-11/h2-5,11,13H,6-7H2,1H3. The summed E-state index contributed by atoms with van der Waals surface area (Å²) in [5.74, 6) is 1.38. The van der Waals surface area contributed by atoms with Crippen molar-refractivity contribution in [3.05, 3.63) is 47.1 Å². The van der Waals surface area contributed by atoms with Crippen molar-refractivity contribution in [3.63, 3.8) is 0 Å². The van der Waals surface area contributed by atoms with Crippen molar-refractivity contribution >= 4 is 0 Å². The summed E-state index contributed by atoms with van der Waals surface area (Å²) in [6.07, 6.45) is 0.914. The van der Waals surface area contributed by atoms with Crippen molar-refractivity contribution in [2.45, 2.75) is 25.9 Å². The smallest absolute Gasteiger partial charge is 0.244 e. The Morgan fingerprint density at radius 2 is 2.12 bits per heavy atom. The van der Waals surface area contributed by atoms with Gasteiger partial charge in [0.25, 0.3) is 0 Å². The zero-order chi connectivity index (χ0) is 11.0. The second-order valence-corrected chi connectivity index (χ2v) is 4.09. The molecule has 4 heteroatoms. The summed E-state index contributed by atoms with van der Waals surface area (Å²) < 4.78 is 5.20. The SMILES string of the molecule is Cc1noc(C2Cc3ccccc3CN2)n1. The molecule has 1 unspecified atom stereocenters. The lowest BCUT2D eigenvalue weighted by atomic mass is 9.96. The van der Waals surface area contributed by atoms with Gasteiger partial charge in [-0.25, -0.2) is 0 Å². The Labute approximate surface area is 93.7 Å². The molecule has 0 spiro atoms. The van der Waals surface area contributed by atoms with E-state index >= 15 is 0 Å². The highest BCUT2D eigenvalue weighted by Crippen LogP contribution is 2.24. The Hall–Kier alpha value is -1.68. The molecule has 0 saturated carbocycles. The van der Waals surface area contributed by atoms with Crippen molar-refractivity contribution in [2.24, 2.45) is 0 Å². The highest BCUT2D eigenvalue weighted by molar-refractivity contribution is 5.30. The number of nitrogens with zero attached hydrogens (tertiary/aromatic N) is 2. The number of fused-ring (bicyclic) bond motifs is 1. The predicted octanol–water partition coefficient (Wildman–Crippen LogP) is 1.77. The Balaban J connectivity index is 1.88. The molecule has 82 valence electrons. The van der Waals surface area contributed by atoms with Gasteiger partial charge in [-0.3, -0.25) is 0 Å². The number of nitrogens with one attached hydrogen (secondary N) is 1. The van der Waals surface area contributed by atoms with Crippen molar-refractivity contribution in [1.29, 1.82) is 0 Å². The minimum atomic E-state index is 0.149. The zero-order valence-electron chi connectivity index (χ0n) is 9.10. The van der Waals surface area contributed by atoms with E-state index in [1.54, 1.807) is 0 Å². The molecule has 1 aromatic heterocycles. The molecule has 0 aliphatic carbocycles. The van der Waals surface area contributed by atoms with Crippen LogP contribution >= 0.6 is 0 Å². The first kappa shape index (κ1) is 9.54. The molecular weight excluding hydrogens is 202 g/mol. The molecule has 0 saturated heterocycles. The van der Waals surface area contributed by atoms with Crippen LogP contribution in [0.15, 0.2) is 28.8 Å². The molecule has 0 fully saturated rings. The quantitative estimate of drug-likeness (QED) is 0.787. The van der Waals surface area contributed by atoms with Gasteiger partial charge in [0.15, 0.2) is 5.82 Å². The van der Waals surface area contributed by atoms with Gasteiger partial charge in [0.05, 0.1) is 6.04 Å². The molecule has 0 bridgehead atoms. The third-order valence-electron chi connectivity index (χ3n) is 2.92. The molecule has 4 nitrogen and oxygen atoms in total. The van der Waals surface area contributed by atoms with Crippen LogP contribution in [0.5, 0.6) is 0 Å². The second-order valence-electron chi connectivity index (χ2n) is 4.09. The average Bonchev–Trinajstić information content (AvgIpc) is 2.75. The number of benzene rings is 1. The fourth-order valence-corrected chi connectivity index (χ4v) is 2.08. The molecule has 0 radical (unpaired) electrons. The molecule has 1 aromatic carbocycles. The Kier molecular flexibility index (Phi) is 2.22. The fraction of sp³-hybridized carbons (Fsp3) is 0.333. The van der Waals surface area contributed by atoms with Gasteiger partial charge in [-0.1, -0.05) is 29.4 Å². The summed E-state index contributed by atoms with van der Waals surface area (Å²) in [7, 11) is 0. The monoisotopic (exact) mass is 215 g/mol. The third-order valence-corrected chi connectivity index (χ3v) is 2.92. The third kappa shape index (κ3) is 1.61. The van der Waals surface area contributed by atoms with Crippen LogP contribution in [0, 0.1) is 6.92 Å². The maximum Gasteiger partial charge on any atom is 0.244 e. The molecule has 3 rings (SSSR count). The highest BCUT2D eigenvalue weighted by atomic mass is 16.5. The summed E-state index contributed by atoms with van der Waals surface area (Å²) in [6.45, 7) is 2.70. The number of aromatic nitrogens is 2. The highest BCUT2D eigenvalue weighted by Gasteiger charge is 2.23. The van der Waals surface area contributed by atoms with Gasteiger partial charge in [-0.05, 0) is 24.5 Å². The maximum absolute atomic E-state index is 5.20. The zero-order valence-corrected chi connectivity index (χ0v) is 9.10. The van der Waals surface area contributed by atoms with Crippen LogP contribution in [0.2, 0.25) is 0 Å². The van der Waals surface area contributed by atoms with E-state index in [0.717, 1.165) is 13.0 Å². The molecule has 0 amide bonds. The lowest BCUT2D eigenvalue weighted by molar-refractivity contribution is 0.319. The van der Waals surface area contributed by atoms with Crippen LogP contribution in [0.25, 0.3) is 0 Å². The Morgan fingerprint density at radius 3 is 2.88 bits per heavy atom. The topological polar surface area (TPSA) is 51.0 Å². The minimum Gasteiger partial charge on any atom is -0.338 e. The van der Waals surface area contributed by atoms with Crippen LogP contribution in [-0.4, -0.2) is 10.1 Å². The molecule has 2 aromatic rings. The largest absolute Gasteiger partial charge is 0.338 e. The second kappa shape index (κ2) is 3.72. The number of hydrogen-bond donors (Lipinski definition) is 1. The summed E-state index contributed by atoms with van der Waals surface area (Å²) in [5, 5.41) is 7.23. The fourth-order valence-electron chi connectivity index (χ4n) is 2.08. The maximum atomic E-state index is 5.20. The van der Waals surface area contributed by atoms with Crippen LogP contribution in [0.3, 0.4) is 0 Å². The van der Waals surface area contributed by atoms with E-state index in [9.17, 15) is 0 Å². The first-order valence-electron chi connectivity index (χ1n) is 5.43. The number of aryl methyl sites for hydroxylation is 1. The molecular formula is C12H13N3O. The van der Waals surface area contributed by atoms with Gasteiger partial charge in [0, 0.05) is 6.54 Å². The average molecular weight is 215 g/mol. The van der Waals surface area contributed by atoms with E-state index in [2.05, 4.69) is 39.7 Å².